The van der Waals surface area contributed by atoms with Crippen LogP contribution in [0.25, 0.3) is 0 Å². The molecule has 5 rings (SSSR count). The molecule has 4 atom stereocenters. The standard InChI is InChI=1S/C34H38FN2O6Si/c1-32(2,3)43-28-27(42-34(29(28)38,44(4)5)37-21-26(35)30(39)36-31(37)40)22-41-33(23-15-9-6-10-16-23,24-17-11-7-12-18-24)25-19-13-8-14-20-25/h6-21,27-29,38H,22H2,1-5H3,(H,36,39,40)/t27-,28-,29-,34+/m1/s1. The molecule has 231 valence electrons. The third-order valence-electron chi connectivity index (χ3n) is 7.88. The van der Waals surface area contributed by atoms with Crippen LogP contribution in [0.4, 0.5) is 4.39 Å². The van der Waals surface area contributed by atoms with Crippen LogP contribution in [-0.2, 0) is 25.2 Å². The number of H-pyrrole nitrogens is 1. The minimum absolute atomic E-state index is 0.0615. The van der Waals surface area contributed by atoms with Gasteiger partial charge in [0.15, 0.2) is 5.35 Å². The van der Waals surface area contributed by atoms with Crippen LogP contribution in [-0.4, -0.2) is 54.0 Å². The molecule has 0 bridgehead atoms. The molecule has 1 fully saturated rings. The maximum Gasteiger partial charge on any atom is 0.330 e. The van der Waals surface area contributed by atoms with Gasteiger partial charge >= 0.3 is 5.69 Å². The van der Waals surface area contributed by atoms with Crippen molar-refractivity contribution >= 4 is 8.80 Å². The van der Waals surface area contributed by atoms with Crippen LogP contribution in [0.1, 0.15) is 37.5 Å². The number of aromatic nitrogens is 2. The van der Waals surface area contributed by atoms with E-state index in [1.54, 1.807) is 0 Å². The van der Waals surface area contributed by atoms with Crippen molar-refractivity contribution in [2.75, 3.05) is 6.61 Å². The second kappa shape index (κ2) is 12.4. The molecular weight excluding hydrogens is 579 g/mol. The number of rotatable bonds is 9. The van der Waals surface area contributed by atoms with Gasteiger partial charge in [0, 0.05) is 0 Å². The average molecular weight is 618 g/mol. The van der Waals surface area contributed by atoms with Gasteiger partial charge in [0.1, 0.15) is 32.7 Å². The van der Waals surface area contributed by atoms with Gasteiger partial charge in [-0.2, -0.15) is 4.39 Å². The SMILES string of the molecule is C[Si](C)[C@@]1(n2cc(F)c(=O)[nH]c2=O)O[C@H](COC(c2ccccc2)(c2ccccc2)c2ccccc2)[C@@H](OC(C)(C)C)[C@H]1O. The molecule has 2 heterocycles. The highest BCUT2D eigenvalue weighted by atomic mass is 28.3. The van der Waals surface area contributed by atoms with E-state index < -0.39 is 60.7 Å². The Kier molecular flexibility index (Phi) is 8.93. The summed E-state index contributed by atoms with van der Waals surface area (Å²) in [6, 6.07) is 29.5. The van der Waals surface area contributed by atoms with Gasteiger partial charge in [0.2, 0.25) is 5.82 Å². The summed E-state index contributed by atoms with van der Waals surface area (Å²) >= 11 is 0. The molecule has 1 aliphatic rings. The van der Waals surface area contributed by atoms with Gasteiger partial charge in [-0.1, -0.05) is 104 Å². The molecule has 0 amide bonds. The number of nitrogens with zero attached hydrogens (tertiary/aromatic N) is 1. The Morgan fingerprint density at radius 2 is 1.39 bits per heavy atom. The van der Waals surface area contributed by atoms with Gasteiger partial charge in [0.05, 0.1) is 18.4 Å². The molecule has 0 saturated carbocycles. The molecule has 1 aromatic heterocycles. The molecule has 44 heavy (non-hydrogen) atoms. The number of halogens is 1. The van der Waals surface area contributed by atoms with E-state index in [1.165, 1.54) is 0 Å². The molecule has 2 N–H and O–H groups in total. The highest BCUT2D eigenvalue weighted by molar-refractivity contribution is 6.58. The molecular formula is C34H38FN2O6Si. The molecule has 1 radical (unpaired) electrons. The summed E-state index contributed by atoms with van der Waals surface area (Å²) in [6.45, 7) is 9.21. The van der Waals surface area contributed by atoms with E-state index in [9.17, 15) is 19.1 Å². The second-order valence-electron chi connectivity index (χ2n) is 12.2. The van der Waals surface area contributed by atoms with Crippen LogP contribution in [0.2, 0.25) is 13.1 Å². The lowest BCUT2D eigenvalue weighted by Gasteiger charge is -2.38. The maximum absolute atomic E-state index is 14.6. The van der Waals surface area contributed by atoms with E-state index in [0.717, 1.165) is 27.5 Å². The van der Waals surface area contributed by atoms with Crippen molar-refractivity contribution in [2.45, 2.75) is 68.7 Å². The second-order valence-corrected chi connectivity index (χ2v) is 14.9. The predicted octanol–water partition coefficient (Wildman–Crippen LogP) is 4.57. The molecule has 4 aromatic rings. The summed E-state index contributed by atoms with van der Waals surface area (Å²) in [4.78, 5) is 27.0. The molecule has 0 unspecified atom stereocenters. The fourth-order valence-corrected chi connectivity index (χ4v) is 7.79. The number of hydrogen-bond donors (Lipinski definition) is 2. The fourth-order valence-electron chi connectivity index (χ4n) is 5.99. The first-order valence-electron chi connectivity index (χ1n) is 14.6. The Morgan fingerprint density at radius 1 is 0.909 bits per heavy atom. The number of nitrogens with one attached hydrogen (secondary N) is 1. The largest absolute Gasteiger partial charge is 0.386 e. The van der Waals surface area contributed by atoms with Crippen LogP contribution >= 0.6 is 0 Å². The van der Waals surface area contributed by atoms with Gasteiger partial charge in [0.25, 0.3) is 5.56 Å². The normalized spacial score (nSPS) is 22.4. The van der Waals surface area contributed by atoms with Crippen LogP contribution in [0.3, 0.4) is 0 Å². The van der Waals surface area contributed by atoms with Crippen molar-refractivity contribution in [3.8, 4) is 0 Å². The van der Waals surface area contributed by atoms with Gasteiger partial charge in [-0.15, -0.1) is 0 Å². The minimum atomic E-state index is -1.78. The lowest BCUT2D eigenvalue weighted by Crippen LogP contribution is -2.59. The van der Waals surface area contributed by atoms with Crippen LogP contribution in [0, 0.1) is 5.82 Å². The van der Waals surface area contributed by atoms with Gasteiger partial charge < -0.3 is 19.3 Å². The Balaban J connectivity index is 1.65. The summed E-state index contributed by atoms with van der Waals surface area (Å²) in [6.07, 6.45) is -2.43. The van der Waals surface area contributed by atoms with E-state index in [1.807, 2.05) is 130 Å². The van der Waals surface area contributed by atoms with E-state index in [4.69, 9.17) is 14.2 Å². The first kappa shape index (κ1) is 31.7. The highest BCUT2D eigenvalue weighted by Crippen LogP contribution is 2.44. The zero-order chi connectivity index (χ0) is 31.7. The summed E-state index contributed by atoms with van der Waals surface area (Å²) in [5.41, 5.74) is -1.18. The number of aromatic amines is 1. The van der Waals surface area contributed by atoms with Crippen molar-refractivity contribution in [1.29, 1.82) is 0 Å². The summed E-state index contributed by atoms with van der Waals surface area (Å²) in [7, 11) is -1.78. The number of hydrogen-bond acceptors (Lipinski definition) is 6. The summed E-state index contributed by atoms with van der Waals surface area (Å²) in [5, 5.41) is 10.3. The van der Waals surface area contributed by atoms with Crippen molar-refractivity contribution in [2.24, 2.45) is 0 Å². The quantitative estimate of drug-likeness (QED) is 0.211. The molecule has 0 spiro atoms. The maximum atomic E-state index is 14.6. The Labute approximate surface area is 257 Å². The van der Waals surface area contributed by atoms with Crippen molar-refractivity contribution < 1.29 is 23.7 Å². The summed E-state index contributed by atoms with van der Waals surface area (Å²) in [5.74, 6) is -1.16. The van der Waals surface area contributed by atoms with Gasteiger partial charge in [-0.05, 0) is 37.5 Å². The number of benzene rings is 3. The topological polar surface area (TPSA) is 103 Å². The Bertz CT molecular complexity index is 1580. The van der Waals surface area contributed by atoms with Crippen LogP contribution in [0.15, 0.2) is 107 Å². The van der Waals surface area contributed by atoms with Crippen molar-refractivity contribution in [1.82, 2.24) is 9.55 Å². The Hall–Kier alpha value is -3.67. The van der Waals surface area contributed by atoms with E-state index >= 15 is 0 Å². The highest BCUT2D eigenvalue weighted by Gasteiger charge is 2.60. The van der Waals surface area contributed by atoms with E-state index in [0.29, 0.717) is 0 Å². The third-order valence-corrected chi connectivity index (χ3v) is 9.96. The lowest BCUT2D eigenvalue weighted by atomic mass is 9.80. The average Bonchev–Trinajstić information content (AvgIpc) is 3.27. The van der Waals surface area contributed by atoms with Gasteiger partial charge in [-0.3, -0.25) is 14.3 Å². The molecule has 8 nitrogen and oxygen atoms in total. The van der Waals surface area contributed by atoms with Gasteiger partial charge in [-0.25, -0.2) is 4.79 Å². The molecule has 1 saturated heterocycles. The fraction of sp³-hybridized carbons (Fsp3) is 0.353. The molecule has 1 aliphatic heterocycles. The molecule has 10 heteroatoms. The van der Waals surface area contributed by atoms with Crippen LogP contribution in [0.5, 0.6) is 0 Å². The minimum Gasteiger partial charge on any atom is -0.386 e. The summed E-state index contributed by atoms with van der Waals surface area (Å²) < 4.78 is 35.7. The zero-order valence-electron chi connectivity index (χ0n) is 25.5. The smallest absolute Gasteiger partial charge is 0.330 e. The molecule has 3 aromatic carbocycles. The molecule has 0 aliphatic carbocycles. The lowest BCUT2D eigenvalue weighted by molar-refractivity contribution is -0.138. The van der Waals surface area contributed by atoms with E-state index in [-0.39, 0.29) is 6.61 Å². The Morgan fingerprint density at radius 3 is 1.82 bits per heavy atom. The van der Waals surface area contributed by atoms with Crippen molar-refractivity contribution in [3.63, 3.8) is 0 Å². The zero-order valence-corrected chi connectivity index (χ0v) is 26.5. The van der Waals surface area contributed by atoms with E-state index in [2.05, 4.69) is 0 Å². The first-order valence-corrected chi connectivity index (χ1v) is 17.1. The van der Waals surface area contributed by atoms with Crippen molar-refractivity contribution in [3.05, 3.63) is 141 Å². The van der Waals surface area contributed by atoms with Crippen LogP contribution < -0.4 is 11.2 Å². The number of ether oxygens (including phenoxy) is 3. The predicted molar refractivity (Wildman–Crippen MR) is 167 cm³/mol. The number of aliphatic hydroxyl groups is 1. The third kappa shape index (κ3) is 5.76. The monoisotopic (exact) mass is 617 g/mol. The number of aliphatic hydroxyl groups excluding tert-OH is 1. The first-order chi connectivity index (χ1) is 20.9.